The molecular weight excluding hydrogens is 177 g/mol. The highest BCUT2D eigenvalue weighted by Gasteiger charge is 2.35. The predicted octanol–water partition coefficient (Wildman–Crippen LogP) is 3.10. The highest BCUT2D eigenvalue weighted by atomic mass is 19.1. The number of hydrogen-bond donors (Lipinski definition) is 0. The molecule has 2 heteroatoms. The van der Waals surface area contributed by atoms with Crippen LogP contribution >= 0.6 is 0 Å². The van der Waals surface area contributed by atoms with Crippen molar-refractivity contribution in [2.24, 2.45) is 11.3 Å². The first-order valence-corrected chi connectivity index (χ1v) is 5.77. The van der Waals surface area contributed by atoms with E-state index in [-0.39, 0.29) is 6.67 Å². The summed E-state index contributed by atoms with van der Waals surface area (Å²) in [6.45, 7) is 10.6. The summed E-state index contributed by atoms with van der Waals surface area (Å²) in [4.78, 5) is 2.30. The van der Waals surface area contributed by atoms with Gasteiger partial charge in [-0.3, -0.25) is 4.90 Å². The average Bonchev–Trinajstić information content (AvgIpc) is 2.07. The average molecular weight is 201 g/mol. The van der Waals surface area contributed by atoms with E-state index in [1.807, 2.05) is 0 Å². The van der Waals surface area contributed by atoms with Crippen LogP contribution in [-0.2, 0) is 0 Å². The van der Waals surface area contributed by atoms with E-state index in [2.05, 4.69) is 32.6 Å². The largest absolute Gasteiger partial charge is 0.298 e. The van der Waals surface area contributed by atoms with Crippen LogP contribution in [0.4, 0.5) is 4.39 Å². The second-order valence-corrected chi connectivity index (χ2v) is 5.58. The van der Waals surface area contributed by atoms with E-state index in [4.69, 9.17) is 0 Å². The topological polar surface area (TPSA) is 3.24 Å². The fourth-order valence-corrected chi connectivity index (χ4v) is 2.79. The lowest BCUT2D eigenvalue weighted by Gasteiger charge is -2.45. The minimum atomic E-state index is -0.207. The molecule has 0 bridgehead atoms. The molecule has 0 amide bonds. The van der Waals surface area contributed by atoms with Crippen molar-refractivity contribution in [3.8, 4) is 0 Å². The maximum absolute atomic E-state index is 12.3. The molecule has 84 valence electrons. The van der Waals surface area contributed by atoms with Crippen molar-refractivity contribution in [3.05, 3.63) is 0 Å². The molecule has 1 heterocycles. The highest BCUT2D eigenvalue weighted by Crippen LogP contribution is 2.37. The molecule has 2 atom stereocenters. The van der Waals surface area contributed by atoms with E-state index in [1.165, 1.54) is 12.8 Å². The highest BCUT2D eigenvalue weighted by molar-refractivity contribution is 4.87. The van der Waals surface area contributed by atoms with Gasteiger partial charge in [0.05, 0.1) is 0 Å². The lowest BCUT2D eigenvalue weighted by atomic mass is 9.72. The van der Waals surface area contributed by atoms with E-state index in [0.717, 1.165) is 6.54 Å². The number of halogens is 1. The monoisotopic (exact) mass is 201 g/mol. The molecule has 0 unspecified atom stereocenters. The normalized spacial score (nSPS) is 30.6. The number of nitrogens with zero attached hydrogens (tertiary/aromatic N) is 1. The van der Waals surface area contributed by atoms with Crippen LogP contribution in [0.15, 0.2) is 0 Å². The summed E-state index contributed by atoms with van der Waals surface area (Å²) in [6, 6.07) is 0.541. The summed E-state index contributed by atoms with van der Waals surface area (Å²) >= 11 is 0. The Morgan fingerprint density at radius 2 is 2.00 bits per heavy atom. The van der Waals surface area contributed by atoms with Gasteiger partial charge in [0.25, 0.3) is 0 Å². The second-order valence-electron chi connectivity index (χ2n) is 5.58. The van der Waals surface area contributed by atoms with Crippen molar-refractivity contribution < 1.29 is 4.39 Å². The number of likely N-dealkylation sites (tertiary alicyclic amines) is 1. The summed E-state index contributed by atoms with van der Waals surface area (Å²) in [6.07, 6.45) is 2.53. The van der Waals surface area contributed by atoms with Gasteiger partial charge >= 0.3 is 0 Å². The number of rotatable bonds is 2. The van der Waals surface area contributed by atoms with Crippen LogP contribution in [-0.4, -0.2) is 30.7 Å². The molecule has 1 rings (SSSR count). The Hall–Kier alpha value is -0.110. The maximum Gasteiger partial charge on any atom is 0.102 e. The molecule has 0 aromatic heterocycles. The lowest BCUT2D eigenvalue weighted by molar-refractivity contribution is 0.0382. The molecule has 1 nitrogen and oxygen atoms in total. The van der Waals surface area contributed by atoms with Gasteiger partial charge in [-0.15, -0.1) is 0 Å². The van der Waals surface area contributed by atoms with Crippen LogP contribution < -0.4 is 0 Å². The van der Waals surface area contributed by atoms with Gasteiger partial charge in [0.2, 0.25) is 0 Å². The van der Waals surface area contributed by atoms with Crippen LogP contribution in [0.3, 0.4) is 0 Å². The maximum atomic E-state index is 12.3. The van der Waals surface area contributed by atoms with E-state index < -0.39 is 0 Å². The molecule has 0 saturated carbocycles. The molecule has 1 aliphatic heterocycles. The molecule has 0 N–H and O–H groups in total. The summed E-state index contributed by atoms with van der Waals surface area (Å²) < 4.78 is 12.3. The zero-order chi connectivity index (χ0) is 10.8. The Balaban J connectivity index is 2.61. The molecule has 0 spiro atoms. The summed E-state index contributed by atoms with van der Waals surface area (Å²) in [5, 5.41) is 0. The molecular formula is C12H24FN. The van der Waals surface area contributed by atoms with E-state index >= 15 is 0 Å². The SMILES string of the molecule is C[C@@H]1[C@H](C(C)(C)C)CCCN1CCF. The summed E-state index contributed by atoms with van der Waals surface area (Å²) in [5.74, 6) is 0.711. The first-order chi connectivity index (χ1) is 6.46. The molecule has 14 heavy (non-hydrogen) atoms. The van der Waals surface area contributed by atoms with E-state index in [0.29, 0.717) is 23.9 Å². The van der Waals surface area contributed by atoms with Crippen LogP contribution in [0, 0.1) is 11.3 Å². The first-order valence-electron chi connectivity index (χ1n) is 5.77. The van der Waals surface area contributed by atoms with Gasteiger partial charge < -0.3 is 0 Å². The number of alkyl halides is 1. The van der Waals surface area contributed by atoms with Crippen LogP contribution in [0.1, 0.15) is 40.5 Å². The Labute approximate surface area is 87.7 Å². The fraction of sp³-hybridized carbons (Fsp3) is 1.00. The standard InChI is InChI=1S/C12H24FN/c1-10-11(12(2,3)4)6-5-8-14(10)9-7-13/h10-11H,5-9H2,1-4H3/t10-,11-/m1/s1. The van der Waals surface area contributed by atoms with Crippen molar-refractivity contribution in [1.29, 1.82) is 0 Å². The summed E-state index contributed by atoms with van der Waals surface area (Å²) in [5.41, 5.74) is 0.356. The second kappa shape index (κ2) is 4.61. The smallest absolute Gasteiger partial charge is 0.102 e. The Kier molecular flexibility index (Phi) is 3.94. The van der Waals surface area contributed by atoms with Crippen LogP contribution in [0.2, 0.25) is 0 Å². The van der Waals surface area contributed by atoms with Crippen LogP contribution in [0.5, 0.6) is 0 Å². The van der Waals surface area contributed by atoms with Gasteiger partial charge in [-0.25, -0.2) is 4.39 Å². The zero-order valence-electron chi connectivity index (χ0n) is 10.0. The minimum Gasteiger partial charge on any atom is -0.298 e. The molecule has 0 aliphatic carbocycles. The third-order valence-corrected chi connectivity index (χ3v) is 3.60. The van der Waals surface area contributed by atoms with Crippen molar-refractivity contribution >= 4 is 0 Å². The van der Waals surface area contributed by atoms with Crippen molar-refractivity contribution in [2.45, 2.75) is 46.6 Å². The van der Waals surface area contributed by atoms with E-state index in [1.54, 1.807) is 0 Å². The first kappa shape index (κ1) is 12.0. The molecule has 0 aromatic carbocycles. The number of piperidine rings is 1. The van der Waals surface area contributed by atoms with Crippen molar-refractivity contribution in [3.63, 3.8) is 0 Å². The van der Waals surface area contributed by atoms with Gasteiger partial charge in [0.15, 0.2) is 0 Å². The third kappa shape index (κ3) is 2.69. The molecule has 1 aliphatic rings. The third-order valence-electron chi connectivity index (χ3n) is 3.60. The Morgan fingerprint density at radius 3 is 2.50 bits per heavy atom. The lowest BCUT2D eigenvalue weighted by Crippen LogP contribution is -2.48. The van der Waals surface area contributed by atoms with Crippen molar-refractivity contribution in [1.82, 2.24) is 4.90 Å². The summed E-state index contributed by atoms with van der Waals surface area (Å²) in [7, 11) is 0. The van der Waals surface area contributed by atoms with Crippen LogP contribution in [0.25, 0.3) is 0 Å². The fourth-order valence-electron chi connectivity index (χ4n) is 2.79. The quantitative estimate of drug-likeness (QED) is 0.663. The molecule has 1 saturated heterocycles. The molecule has 0 aromatic rings. The Morgan fingerprint density at radius 1 is 1.36 bits per heavy atom. The van der Waals surface area contributed by atoms with Gasteiger partial charge in [-0.05, 0) is 37.6 Å². The van der Waals surface area contributed by atoms with Gasteiger partial charge in [-0.1, -0.05) is 20.8 Å². The van der Waals surface area contributed by atoms with E-state index in [9.17, 15) is 4.39 Å². The Bertz CT molecular complexity index is 172. The molecule has 1 fully saturated rings. The van der Waals surface area contributed by atoms with Crippen molar-refractivity contribution in [2.75, 3.05) is 19.8 Å². The number of hydrogen-bond acceptors (Lipinski definition) is 1. The predicted molar refractivity (Wildman–Crippen MR) is 59.2 cm³/mol. The van der Waals surface area contributed by atoms with Gasteiger partial charge in [0.1, 0.15) is 6.67 Å². The molecule has 0 radical (unpaired) electrons. The zero-order valence-corrected chi connectivity index (χ0v) is 10.0. The van der Waals surface area contributed by atoms with Gasteiger partial charge in [-0.2, -0.15) is 0 Å². The van der Waals surface area contributed by atoms with Gasteiger partial charge in [0, 0.05) is 12.6 Å². The minimum absolute atomic E-state index is 0.207.